The molecule has 1 aromatic rings. The van der Waals surface area contributed by atoms with E-state index in [1.54, 1.807) is 25.3 Å². The molecule has 7 heteroatoms. The molecule has 0 aliphatic carbocycles. The maximum Gasteiger partial charge on any atom is 0.243 e. The molecule has 1 atom stereocenters. The number of nitrogens with two attached hydrogens (primary N) is 1. The number of benzene rings is 1. The molecule has 0 aromatic heterocycles. The third kappa shape index (κ3) is 5.35. The predicted molar refractivity (Wildman–Crippen MR) is 85.1 cm³/mol. The Hall–Kier alpha value is -1.60. The molecule has 0 saturated heterocycles. The summed E-state index contributed by atoms with van der Waals surface area (Å²) in [4.78, 5) is 23.5. The Labute approximate surface area is 132 Å². The van der Waals surface area contributed by atoms with Crippen molar-refractivity contribution >= 4 is 33.4 Å². The summed E-state index contributed by atoms with van der Waals surface area (Å²) in [7, 11) is 1.54. The van der Waals surface area contributed by atoms with Crippen molar-refractivity contribution in [1.82, 2.24) is 5.32 Å². The van der Waals surface area contributed by atoms with Crippen LogP contribution < -0.4 is 21.1 Å². The number of rotatable bonds is 6. The van der Waals surface area contributed by atoms with Crippen LogP contribution >= 0.6 is 15.9 Å². The Morgan fingerprint density at radius 1 is 1.38 bits per heavy atom. The number of carbonyl (C=O) groups is 2. The molecule has 0 heterocycles. The number of amides is 2. The Kier molecular flexibility index (Phi) is 6.64. The van der Waals surface area contributed by atoms with Crippen molar-refractivity contribution in [2.75, 3.05) is 19.0 Å². The highest BCUT2D eigenvalue weighted by Gasteiger charge is 2.17. The van der Waals surface area contributed by atoms with Gasteiger partial charge in [0, 0.05) is 10.5 Å². The van der Waals surface area contributed by atoms with Gasteiger partial charge in [-0.3, -0.25) is 9.59 Å². The molecule has 0 bridgehead atoms. The van der Waals surface area contributed by atoms with Gasteiger partial charge in [-0.15, -0.1) is 0 Å². The number of hydrogen-bond acceptors (Lipinski definition) is 4. The summed E-state index contributed by atoms with van der Waals surface area (Å²) in [5.74, 6) is -0.0435. The lowest BCUT2D eigenvalue weighted by atomic mass is 10.1. The highest BCUT2D eigenvalue weighted by Crippen LogP contribution is 2.26. The largest absolute Gasteiger partial charge is 0.497 e. The van der Waals surface area contributed by atoms with Crippen LogP contribution in [0.4, 0.5) is 5.69 Å². The van der Waals surface area contributed by atoms with Gasteiger partial charge in [-0.1, -0.05) is 13.8 Å². The van der Waals surface area contributed by atoms with Crippen molar-refractivity contribution in [3.8, 4) is 5.75 Å². The summed E-state index contributed by atoms with van der Waals surface area (Å²) in [5, 5.41) is 5.20. The van der Waals surface area contributed by atoms with E-state index in [1.807, 2.05) is 13.8 Å². The summed E-state index contributed by atoms with van der Waals surface area (Å²) < 4.78 is 5.81. The van der Waals surface area contributed by atoms with E-state index in [0.29, 0.717) is 11.4 Å². The maximum atomic E-state index is 11.8. The molecule has 2 amide bonds. The zero-order chi connectivity index (χ0) is 16.0. The minimum Gasteiger partial charge on any atom is -0.497 e. The predicted octanol–water partition coefficient (Wildman–Crippen LogP) is 1.50. The molecule has 4 N–H and O–H groups in total. The molecule has 0 fully saturated rings. The van der Waals surface area contributed by atoms with Crippen molar-refractivity contribution in [2.45, 2.75) is 19.9 Å². The zero-order valence-electron chi connectivity index (χ0n) is 12.3. The molecule has 0 aliphatic heterocycles. The fourth-order valence-corrected chi connectivity index (χ4v) is 1.86. The maximum absolute atomic E-state index is 11.8. The first-order valence-electron chi connectivity index (χ1n) is 6.51. The van der Waals surface area contributed by atoms with Crippen LogP contribution in [-0.4, -0.2) is 31.5 Å². The second-order valence-corrected chi connectivity index (χ2v) is 5.74. The minimum atomic E-state index is -0.624. The molecular weight excluding hydrogens is 338 g/mol. The highest BCUT2D eigenvalue weighted by atomic mass is 79.9. The molecule has 0 spiro atoms. The lowest BCUT2D eigenvalue weighted by Crippen LogP contribution is -2.46. The second-order valence-electron chi connectivity index (χ2n) is 4.88. The van der Waals surface area contributed by atoms with Crippen LogP contribution in [0.1, 0.15) is 13.8 Å². The van der Waals surface area contributed by atoms with Crippen LogP contribution in [-0.2, 0) is 9.59 Å². The zero-order valence-corrected chi connectivity index (χ0v) is 13.9. The van der Waals surface area contributed by atoms with Crippen LogP contribution in [0.25, 0.3) is 0 Å². The SMILES string of the molecule is COc1ccc(Br)c(NC(=O)CNC(=O)[C@@H](N)C(C)C)c1. The lowest BCUT2D eigenvalue weighted by Gasteiger charge is -2.15. The van der Waals surface area contributed by atoms with Gasteiger partial charge in [0.15, 0.2) is 0 Å². The molecule has 21 heavy (non-hydrogen) atoms. The molecule has 0 saturated carbocycles. The van der Waals surface area contributed by atoms with Gasteiger partial charge in [-0.2, -0.15) is 0 Å². The van der Waals surface area contributed by atoms with E-state index in [2.05, 4.69) is 26.6 Å². The van der Waals surface area contributed by atoms with Gasteiger partial charge in [0.2, 0.25) is 11.8 Å². The average molecular weight is 358 g/mol. The van der Waals surface area contributed by atoms with Gasteiger partial charge in [-0.25, -0.2) is 0 Å². The lowest BCUT2D eigenvalue weighted by molar-refractivity contribution is -0.125. The Bertz CT molecular complexity index is 520. The molecular formula is C14H20BrN3O3. The van der Waals surface area contributed by atoms with E-state index in [9.17, 15) is 9.59 Å². The summed E-state index contributed by atoms with van der Waals surface area (Å²) >= 11 is 3.33. The van der Waals surface area contributed by atoms with Crippen LogP contribution in [0.2, 0.25) is 0 Å². The molecule has 6 nitrogen and oxygen atoms in total. The topological polar surface area (TPSA) is 93.5 Å². The molecule has 1 aromatic carbocycles. The van der Waals surface area contributed by atoms with Crippen LogP contribution in [0, 0.1) is 5.92 Å². The summed E-state index contributed by atoms with van der Waals surface area (Å²) in [6.45, 7) is 3.55. The van der Waals surface area contributed by atoms with Crippen molar-refractivity contribution in [1.29, 1.82) is 0 Å². The van der Waals surface area contributed by atoms with E-state index >= 15 is 0 Å². The fraction of sp³-hybridized carbons (Fsp3) is 0.429. The summed E-state index contributed by atoms with van der Waals surface area (Å²) in [6, 6.07) is 4.59. The number of hydrogen-bond donors (Lipinski definition) is 3. The van der Waals surface area contributed by atoms with Crippen molar-refractivity contribution in [3.05, 3.63) is 22.7 Å². The number of anilines is 1. The van der Waals surface area contributed by atoms with Crippen molar-refractivity contribution in [3.63, 3.8) is 0 Å². The smallest absolute Gasteiger partial charge is 0.243 e. The van der Waals surface area contributed by atoms with Gasteiger partial charge in [-0.05, 0) is 34.0 Å². The van der Waals surface area contributed by atoms with Gasteiger partial charge in [0.05, 0.1) is 25.4 Å². The van der Waals surface area contributed by atoms with Crippen molar-refractivity contribution < 1.29 is 14.3 Å². The standard InChI is InChI=1S/C14H20BrN3O3/c1-8(2)13(16)14(20)17-7-12(19)18-11-6-9(21-3)4-5-10(11)15/h4-6,8,13H,7,16H2,1-3H3,(H,17,20)(H,18,19)/t13-/m0/s1. The molecule has 0 aliphatic rings. The average Bonchev–Trinajstić information content (AvgIpc) is 2.46. The van der Waals surface area contributed by atoms with E-state index < -0.39 is 6.04 Å². The third-order valence-corrected chi connectivity index (χ3v) is 3.58. The van der Waals surface area contributed by atoms with Crippen LogP contribution in [0.3, 0.4) is 0 Å². The first-order chi connectivity index (χ1) is 9.85. The second kappa shape index (κ2) is 7.99. The first-order valence-corrected chi connectivity index (χ1v) is 7.31. The molecule has 0 unspecified atom stereocenters. The number of halogens is 1. The molecule has 0 radical (unpaired) electrons. The fourth-order valence-electron chi connectivity index (χ4n) is 1.51. The normalized spacial score (nSPS) is 11.9. The van der Waals surface area contributed by atoms with E-state index in [0.717, 1.165) is 4.47 Å². The Morgan fingerprint density at radius 3 is 2.62 bits per heavy atom. The Balaban J connectivity index is 2.56. The number of ether oxygens (including phenoxy) is 1. The van der Waals surface area contributed by atoms with Crippen LogP contribution in [0.15, 0.2) is 22.7 Å². The third-order valence-electron chi connectivity index (χ3n) is 2.89. The van der Waals surface area contributed by atoms with Gasteiger partial charge < -0.3 is 21.1 Å². The summed E-state index contributed by atoms with van der Waals surface area (Å²) in [6.07, 6.45) is 0. The van der Waals surface area contributed by atoms with Gasteiger partial charge >= 0.3 is 0 Å². The number of carbonyl (C=O) groups excluding carboxylic acids is 2. The number of methoxy groups -OCH3 is 1. The Morgan fingerprint density at radius 2 is 2.05 bits per heavy atom. The highest BCUT2D eigenvalue weighted by molar-refractivity contribution is 9.10. The first kappa shape index (κ1) is 17.5. The van der Waals surface area contributed by atoms with Crippen molar-refractivity contribution in [2.24, 2.45) is 11.7 Å². The quantitative estimate of drug-likeness (QED) is 0.718. The minimum absolute atomic E-state index is 0.0144. The van der Waals surface area contributed by atoms with Gasteiger partial charge in [0.1, 0.15) is 5.75 Å². The molecule has 116 valence electrons. The monoisotopic (exact) mass is 357 g/mol. The van der Waals surface area contributed by atoms with Crippen LogP contribution in [0.5, 0.6) is 5.75 Å². The van der Waals surface area contributed by atoms with E-state index in [-0.39, 0.29) is 24.3 Å². The van der Waals surface area contributed by atoms with E-state index in [4.69, 9.17) is 10.5 Å². The summed E-state index contributed by atoms with van der Waals surface area (Å²) in [5.41, 5.74) is 6.26. The van der Waals surface area contributed by atoms with E-state index in [1.165, 1.54) is 0 Å². The molecule has 1 rings (SSSR count). The number of nitrogens with one attached hydrogen (secondary N) is 2. The van der Waals surface area contributed by atoms with Gasteiger partial charge in [0.25, 0.3) is 0 Å².